The molecule has 1 aliphatic heterocycles. The van der Waals surface area contributed by atoms with E-state index in [1.54, 1.807) is 30.3 Å². The number of alkyl halides is 3. The minimum Gasteiger partial charge on any atom is -0.451 e. The summed E-state index contributed by atoms with van der Waals surface area (Å²) in [4.78, 5) is 20.8. The number of ether oxygens (including phenoxy) is 1. The van der Waals surface area contributed by atoms with Crippen LogP contribution in [0.15, 0.2) is 53.2 Å². The van der Waals surface area contributed by atoms with Gasteiger partial charge in [0, 0.05) is 24.8 Å². The highest BCUT2D eigenvalue weighted by Gasteiger charge is 2.40. The van der Waals surface area contributed by atoms with E-state index in [2.05, 4.69) is 20.6 Å². The normalized spacial score (nSPS) is 14.9. The van der Waals surface area contributed by atoms with E-state index >= 15 is 0 Å². The average molecular weight is 432 g/mol. The van der Waals surface area contributed by atoms with Crippen molar-refractivity contribution in [1.29, 1.82) is 0 Å². The number of furan rings is 1. The van der Waals surface area contributed by atoms with Gasteiger partial charge >= 0.3 is 6.18 Å². The minimum atomic E-state index is -4.83. The lowest BCUT2D eigenvalue weighted by Crippen LogP contribution is -2.28. The molecular formula is C21H19F3N4O3. The van der Waals surface area contributed by atoms with Crippen LogP contribution in [-0.4, -0.2) is 35.1 Å². The van der Waals surface area contributed by atoms with E-state index in [1.807, 2.05) is 0 Å². The van der Waals surface area contributed by atoms with Crippen molar-refractivity contribution in [2.45, 2.75) is 25.1 Å². The molecule has 1 saturated heterocycles. The molecule has 3 heterocycles. The summed E-state index contributed by atoms with van der Waals surface area (Å²) in [6.07, 6.45) is -0.455. The van der Waals surface area contributed by atoms with Gasteiger partial charge in [0.2, 0.25) is 5.76 Å². The van der Waals surface area contributed by atoms with Gasteiger partial charge in [-0.3, -0.25) is 4.79 Å². The smallest absolute Gasteiger partial charge is 0.450 e. The maximum Gasteiger partial charge on any atom is 0.450 e. The van der Waals surface area contributed by atoms with Gasteiger partial charge < -0.3 is 19.8 Å². The number of amides is 1. The quantitative estimate of drug-likeness (QED) is 0.613. The highest BCUT2D eigenvalue weighted by atomic mass is 19.4. The first-order valence-electron chi connectivity index (χ1n) is 9.64. The monoisotopic (exact) mass is 432 g/mol. The molecule has 0 saturated carbocycles. The summed E-state index contributed by atoms with van der Waals surface area (Å²) >= 11 is 0. The lowest BCUT2D eigenvalue weighted by atomic mass is 10.1. The molecule has 2 N–H and O–H groups in total. The van der Waals surface area contributed by atoms with Gasteiger partial charge in [-0.2, -0.15) is 13.2 Å². The number of aromatic nitrogens is 2. The fourth-order valence-corrected chi connectivity index (χ4v) is 3.22. The highest BCUT2D eigenvalue weighted by molar-refractivity contribution is 6.05. The van der Waals surface area contributed by atoms with Gasteiger partial charge in [0.25, 0.3) is 5.91 Å². The first kappa shape index (κ1) is 20.9. The zero-order valence-corrected chi connectivity index (χ0v) is 16.3. The topological polar surface area (TPSA) is 89.3 Å². The first-order chi connectivity index (χ1) is 14.9. The predicted octanol–water partition coefficient (Wildman–Crippen LogP) is 4.60. The van der Waals surface area contributed by atoms with Crippen molar-refractivity contribution < 1.29 is 27.1 Å². The Bertz CT molecular complexity index is 1030. The summed E-state index contributed by atoms with van der Waals surface area (Å²) in [6, 6.07) is 9.52. The molecule has 0 aliphatic carbocycles. The van der Waals surface area contributed by atoms with Gasteiger partial charge in [-0.1, -0.05) is 30.3 Å². The molecule has 10 heteroatoms. The zero-order chi connectivity index (χ0) is 21.8. The second kappa shape index (κ2) is 8.76. The molecule has 0 bridgehead atoms. The maximum atomic E-state index is 13.4. The molecule has 0 unspecified atom stereocenters. The summed E-state index contributed by atoms with van der Waals surface area (Å²) < 4.78 is 50.6. The van der Waals surface area contributed by atoms with Crippen molar-refractivity contribution in [3.63, 3.8) is 0 Å². The van der Waals surface area contributed by atoms with Gasteiger partial charge in [-0.15, -0.1) is 0 Å². The Morgan fingerprint density at radius 3 is 2.35 bits per heavy atom. The number of halogens is 3. The SMILES string of the molecule is O=C(Nc1cnc(NC2CCOCC2)cn1)c1cc(-c2ccccc2)oc1C(F)(F)F. The summed E-state index contributed by atoms with van der Waals surface area (Å²) in [5.74, 6) is -1.87. The molecule has 3 aromatic rings. The summed E-state index contributed by atoms with van der Waals surface area (Å²) in [5, 5.41) is 5.56. The van der Waals surface area contributed by atoms with Crippen LogP contribution in [0.4, 0.5) is 24.8 Å². The number of carbonyl (C=O) groups is 1. The van der Waals surface area contributed by atoms with Gasteiger partial charge in [0.15, 0.2) is 5.82 Å². The summed E-state index contributed by atoms with van der Waals surface area (Å²) in [5.41, 5.74) is -0.201. The van der Waals surface area contributed by atoms with E-state index in [4.69, 9.17) is 9.15 Å². The van der Waals surface area contributed by atoms with E-state index in [-0.39, 0.29) is 17.6 Å². The molecule has 1 amide bonds. The van der Waals surface area contributed by atoms with Crippen LogP contribution in [-0.2, 0) is 10.9 Å². The predicted molar refractivity (Wildman–Crippen MR) is 107 cm³/mol. The van der Waals surface area contributed by atoms with Gasteiger partial charge in [0.1, 0.15) is 11.6 Å². The summed E-state index contributed by atoms with van der Waals surface area (Å²) in [6.45, 7) is 1.33. The van der Waals surface area contributed by atoms with E-state index in [1.165, 1.54) is 12.4 Å². The fourth-order valence-electron chi connectivity index (χ4n) is 3.22. The van der Waals surface area contributed by atoms with Crippen molar-refractivity contribution in [3.05, 3.63) is 60.1 Å². The van der Waals surface area contributed by atoms with Gasteiger partial charge in [-0.05, 0) is 18.9 Å². The Balaban J connectivity index is 1.50. The Labute approximate surface area is 175 Å². The molecule has 1 aliphatic rings. The molecule has 162 valence electrons. The van der Waals surface area contributed by atoms with E-state index in [0.717, 1.165) is 18.9 Å². The highest BCUT2D eigenvalue weighted by Crippen LogP contribution is 2.37. The molecular weight excluding hydrogens is 413 g/mol. The standard InChI is InChI=1S/C21H19F3N4O3/c22-21(23,24)19-15(10-16(31-19)13-4-2-1-3-5-13)20(29)28-18-12-25-17(11-26-18)27-14-6-8-30-9-7-14/h1-5,10-12,14H,6-9H2,(H,25,27)(H,26,28,29). The lowest BCUT2D eigenvalue weighted by molar-refractivity contribution is -0.153. The average Bonchev–Trinajstić information content (AvgIpc) is 3.23. The number of carbonyl (C=O) groups excluding carboxylic acids is 1. The summed E-state index contributed by atoms with van der Waals surface area (Å²) in [7, 11) is 0. The third-order valence-corrected chi connectivity index (χ3v) is 4.76. The molecule has 4 rings (SSSR count). The van der Waals surface area contributed by atoms with Gasteiger partial charge in [-0.25, -0.2) is 9.97 Å². The number of anilines is 2. The van der Waals surface area contributed by atoms with Crippen LogP contribution >= 0.6 is 0 Å². The Morgan fingerprint density at radius 2 is 1.71 bits per heavy atom. The van der Waals surface area contributed by atoms with E-state index in [9.17, 15) is 18.0 Å². The zero-order valence-electron chi connectivity index (χ0n) is 16.3. The molecule has 1 aromatic carbocycles. The number of nitrogens with zero attached hydrogens (tertiary/aromatic N) is 2. The first-order valence-corrected chi connectivity index (χ1v) is 9.64. The molecule has 0 atom stereocenters. The number of benzene rings is 1. The second-order valence-electron chi connectivity index (χ2n) is 6.99. The maximum absolute atomic E-state index is 13.4. The van der Waals surface area contributed by atoms with Crippen molar-refractivity contribution in [3.8, 4) is 11.3 Å². The van der Waals surface area contributed by atoms with Crippen LogP contribution in [0.5, 0.6) is 0 Å². The van der Waals surface area contributed by atoms with Crippen LogP contribution in [0.2, 0.25) is 0 Å². The van der Waals surface area contributed by atoms with Crippen LogP contribution in [0.3, 0.4) is 0 Å². The fraction of sp³-hybridized carbons (Fsp3) is 0.286. The van der Waals surface area contributed by atoms with E-state index < -0.39 is 23.4 Å². The van der Waals surface area contributed by atoms with Gasteiger partial charge in [0.05, 0.1) is 18.0 Å². The van der Waals surface area contributed by atoms with Crippen LogP contribution in [0.25, 0.3) is 11.3 Å². The third kappa shape index (κ3) is 5.02. The number of nitrogens with one attached hydrogen (secondary N) is 2. The number of hydrogen-bond acceptors (Lipinski definition) is 6. The Kier molecular flexibility index (Phi) is 5.90. The number of rotatable bonds is 5. The van der Waals surface area contributed by atoms with Crippen LogP contribution in [0, 0.1) is 0 Å². The largest absolute Gasteiger partial charge is 0.451 e. The molecule has 1 fully saturated rings. The van der Waals surface area contributed by atoms with Crippen molar-refractivity contribution in [2.75, 3.05) is 23.8 Å². The molecule has 0 radical (unpaired) electrons. The number of hydrogen-bond donors (Lipinski definition) is 2. The molecule has 2 aromatic heterocycles. The molecule has 0 spiro atoms. The Morgan fingerprint density at radius 1 is 1.03 bits per heavy atom. The van der Waals surface area contributed by atoms with Crippen molar-refractivity contribution in [1.82, 2.24) is 9.97 Å². The van der Waals surface area contributed by atoms with Crippen LogP contribution in [0.1, 0.15) is 29.0 Å². The lowest BCUT2D eigenvalue weighted by Gasteiger charge is -2.23. The molecule has 31 heavy (non-hydrogen) atoms. The Hall–Kier alpha value is -3.40. The minimum absolute atomic E-state index is 0.0260. The third-order valence-electron chi connectivity index (χ3n) is 4.76. The van der Waals surface area contributed by atoms with E-state index in [0.29, 0.717) is 24.6 Å². The van der Waals surface area contributed by atoms with Crippen molar-refractivity contribution >= 4 is 17.5 Å². The molecule has 7 nitrogen and oxygen atoms in total. The van der Waals surface area contributed by atoms with Crippen LogP contribution < -0.4 is 10.6 Å². The second-order valence-corrected chi connectivity index (χ2v) is 6.99. The van der Waals surface area contributed by atoms with Crippen molar-refractivity contribution in [2.24, 2.45) is 0 Å².